The molecule has 1 N–H and O–H groups in total. The number of ether oxygens (including phenoxy) is 1. The van der Waals surface area contributed by atoms with Crippen LogP contribution in [0.25, 0.3) is 0 Å². The van der Waals surface area contributed by atoms with Gasteiger partial charge in [0.1, 0.15) is 5.75 Å². The highest BCUT2D eigenvalue weighted by Gasteiger charge is 2.14. The van der Waals surface area contributed by atoms with E-state index in [1.165, 1.54) is 0 Å². The third-order valence-electron chi connectivity index (χ3n) is 2.40. The SMILES string of the molecule is CC(C)Oc1ccc(Cl)cc1C(=O)CCCC(=O)O. The minimum absolute atomic E-state index is 0.0212. The van der Waals surface area contributed by atoms with Gasteiger partial charge in [0, 0.05) is 17.9 Å². The predicted octanol–water partition coefficient (Wildman–Crippen LogP) is 3.56. The normalized spacial score (nSPS) is 10.5. The second-order valence-electron chi connectivity index (χ2n) is 4.48. The van der Waals surface area contributed by atoms with Crippen molar-refractivity contribution in [1.82, 2.24) is 0 Å². The minimum Gasteiger partial charge on any atom is -0.490 e. The molecule has 0 fully saturated rings. The zero-order valence-corrected chi connectivity index (χ0v) is 11.7. The van der Waals surface area contributed by atoms with E-state index < -0.39 is 5.97 Å². The monoisotopic (exact) mass is 284 g/mol. The van der Waals surface area contributed by atoms with E-state index >= 15 is 0 Å². The van der Waals surface area contributed by atoms with Crippen LogP contribution in [-0.2, 0) is 4.79 Å². The summed E-state index contributed by atoms with van der Waals surface area (Å²) in [5, 5.41) is 9.01. The second-order valence-corrected chi connectivity index (χ2v) is 4.91. The number of aliphatic carboxylic acids is 1. The standard InChI is InChI=1S/C14H17ClO4/c1-9(2)19-13-7-6-10(15)8-11(13)12(16)4-3-5-14(17)18/h6-9H,3-5H2,1-2H3,(H,17,18). The molecule has 0 saturated heterocycles. The summed E-state index contributed by atoms with van der Waals surface area (Å²) < 4.78 is 5.55. The largest absolute Gasteiger partial charge is 0.490 e. The highest BCUT2D eigenvalue weighted by molar-refractivity contribution is 6.31. The Kier molecular flexibility index (Phi) is 5.83. The van der Waals surface area contributed by atoms with Crippen molar-refractivity contribution in [2.24, 2.45) is 0 Å². The molecule has 0 bridgehead atoms. The van der Waals surface area contributed by atoms with Crippen molar-refractivity contribution >= 4 is 23.4 Å². The lowest BCUT2D eigenvalue weighted by Gasteiger charge is -2.13. The lowest BCUT2D eigenvalue weighted by molar-refractivity contribution is -0.137. The highest BCUT2D eigenvalue weighted by Crippen LogP contribution is 2.25. The van der Waals surface area contributed by atoms with Gasteiger partial charge in [0.05, 0.1) is 11.7 Å². The Bertz CT molecular complexity index is 469. The molecule has 0 spiro atoms. The van der Waals surface area contributed by atoms with E-state index in [1.807, 2.05) is 13.8 Å². The van der Waals surface area contributed by atoms with E-state index in [9.17, 15) is 9.59 Å². The molecule has 1 aromatic rings. The van der Waals surface area contributed by atoms with Crippen LogP contribution < -0.4 is 4.74 Å². The van der Waals surface area contributed by atoms with Gasteiger partial charge < -0.3 is 9.84 Å². The first-order valence-electron chi connectivity index (χ1n) is 6.11. The number of carbonyl (C=O) groups excluding carboxylic acids is 1. The van der Waals surface area contributed by atoms with E-state index in [0.717, 1.165) is 0 Å². The van der Waals surface area contributed by atoms with Crippen molar-refractivity contribution in [3.8, 4) is 5.75 Å². The summed E-state index contributed by atoms with van der Waals surface area (Å²) in [6, 6.07) is 4.88. The molecule has 0 aliphatic heterocycles. The molecular weight excluding hydrogens is 268 g/mol. The number of carboxylic acids is 1. The van der Waals surface area contributed by atoms with Crippen LogP contribution in [0, 0.1) is 0 Å². The van der Waals surface area contributed by atoms with E-state index in [-0.39, 0.29) is 24.7 Å². The lowest BCUT2D eigenvalue weighted by Crippen LogP contribution is -2.10. The maximum Gasteiger partial charge on any atom is 0.303 e. The molecule has 19 heavy (non-hydrogen) atoms. The van der Waals surface area contributed by atoms with Gasteiger partial charge in [-0.05, 0) is 38.5 Å². The van der Waals surface area contributed by atoms with Crippen LogP contribution in [0.4, 0.5) is 0 Å². The topological polar surface area (TPSA) is 63.6 Å². The van der Waals surface area contributed by atoms with E-state index in [1.54, 1.807) is 18.2 Å². The van der Waals surface area contributed by atoms with Gasteiger partial charge in [0.15, 0.2) is 5.78 Å². The summed E-state index contributed by atoms with van der Waals surface area (Å²) >= 11 is 5.88. The van der Waals surface area contributed by atoms with E-state index in [0.29, 0.717) is 22.8 Å². The fourth-order valence-corrected chi connectivity index (χ4v) is 1.78. The molecule has 0 amide bonds. The number of carbonyl (C=O) groups is 2. The third kappa shape index (κ3) is 5.30. The Morgan fingerprint density at radius 1 is 1.32 bits per heavy atom. The summed E-state index contributed by atoms with van der Waals surface area (Å²) in [7, 11) is 0. The number of ketones is 1. The van der Waals surface area contributed by atoms with Crippen LogP contribution in [0.1, 0.15) is 43.5 Å². The molecule has 0 aliphatic rings. The van der Waals surface area contributed by atoms with Gasteiger partial charge in [0.2, 0.25) is 0 Å². The minimum atomic E-state index is -0.905. The average Bonchev–Trinajstić information content (AvgIpc) is 2.30. The van der Waals surface area contributed by atoms with E-state index in [2.05, 4.69) is 0 Å². The van der Waals surface area contributed by atoms with Gasteiger partial charge in [-0.1, -0.05) is 11.6 Å². The Labute approximate surface area is 117 Å². The average molecular weight is 285 g/mol. The van der Waals surface area contributed by atoms with Crippen molar-refractivity contribution in [3.63, 3.8) is 0 Å². The smallest absolute Gasteiger partial charge is 0.303 e. The fourth-order valence-electron chi connectivity index (χ4n) is 1.61. The summed E-state index contributed by atoms with van der Waals surface area (Å²) in [4.78, 5) is 22.5. The summed E-state index contributed by atoms with van der Waals surface area (Å²) in [6.07, 6.45) is 0.405. The van der Waals surface area contributed by atoms with Gasteiger partial charge in [-0.2, -0.15) is 0 Å². The van der Waals surface area contributed by atoms with E-state index in [4.69, 9.17) is 21.4 Å². The zero-order valence-electron chi connectivity index (χ0n) is 11.0. The van der Waals surface area contributed by atoms with Crippen LogP contribution in [0.5, 0.6) is 5.75 Å². The Morgan fingerprint density at radius 3 is 2.58 bits per heavy atom. The first-order chi connectivity index (χ1) is 8.90. The van der Waals surface area contributed by atoms with Gasteiger partial charge in [-0.25, -0.2) is 0 Å². The molecule has 0 radical (unpaired) electrons. The third-order valence-corrected chi connectivity index (χ3v) is 2.63. The molecule has 1 rings (SSSR count). The van der Waals surface area contributed by atoms with Gasteiger partial charge >= 0.3 is 5.97 Å². The number of Topliss-reactive ketones (excluding diaryl/α,β-unsaturated/α-hetero) is 1. The number of rotatable bonds is 7. The zero-order chi connectivity index (χ0) is 14.4. The molecular formula is C14H17ClO4. The number of carboxylic acid groups (broad SMARTS) is 1. The Balaban J connectivity index is 2.81. The quantitative estimate of drug-likeness (QED) is 0.778. The molecule has 4 nitrogen and oxygen atoms in total. The first kappa shape index (κ1) is 15.5. The van der Waals surface area contributed by atoms with Crippen molar-refractivity contribution in [2.75, 3.05) is 0 Å². The first-order valence-corrected chi connectivity index (χ1v) is 6.49. The van der Waals surface area contributed by atoms with Crippen LogP contribution in [0.2, 0.25) is 5.02 Å². The molecule has 104 valence electrons. The van der Waals surface area contributed by atoms with Crippen molar-refractivity contribution in [2.45, 2.75) is 39.2 Å². The Morgan fingerprint density at radius 2 is 2.00 bits per heavy atom. The molecule has 0 heterocycles. The molecule has 0 aromatic heterocycles. The van der Waals surface area contributed by atoms with Crippen LogP contribution >= 0.6 is 11.6 Å². The molecule has 0 saturated carbocycles. The summed E-state index contributed by atoms with van der Waals surface area (Å²) in [6.45, 7) is 3.74. The Hall–Kier alpha value is -1.55. The summed E-state index contributed by atoms with van der Waals surface area (Å²) in [5.74, 6) is -0.573. The van der Waals surface area contributed by atoms with Crippen LogP contribution in [0.3, 0.4) is 0 Å². The molecule has 5 heteroatoms. The van der Waals surface area contributed by atoms with Crippen molar-refractivity contribution in [1.29, 1.82) is 0 Å². The predicted molar refractivity (Wildman–Crippen MR) is 73.0 cm³/mol. The fraction of sp³-hybridized carbons (Fsp3) is 0.429. The van der Waals surface area contributed by atoms with Crippen molar-refractivity contribution in [3.05, 3.63) is 28.8 Å². The van der Waals surface area contributed by atoms with Gasteiger partial charge in [0.25, 0.3) is 0 Å². The molecule has 0 atom stereocenters. The second kappa shape index (κ2) is 7.14. The highest BCUT2D eigenvalue weighted by atomic mass is 35.5. The maximum atomic E-state index is 12.0. The number of hydrogen-bond donors (Lipinski definition) is 1. The number of benzene rings is 1. The summed E-state index contributed by atoms with van der Waals surface area (Å²) in [5.41, 5.74) is 0.409. The van der Waals surface area contributed by atoms with Crippen LogP contribution in [-0.4, -0.2) is 23.0 Å². The van der Waals surface area contributed by atoms with Crippen molar-refractivity contribution < 1.29 is 19.4 Å². The molecule has 1 aromatic carbocycles. The van der Waals surface area contributed by atoms with Gasteiger partial charge in [-0.3, -0.25) is 9.59 Å². The number of halogens is 1. The molecule has 0 unspecified atom stereocenters. The van der Waals surface area contributed by atoms with Gasteiger partial charge in [-0.15, -0.1) is 0 Å². The molecule has 0 aliphatic carbocycles. The van der Waals surface area contributed by atoms with Crippen LogP contribution in [0.15, 0.2) is 18.2 Å². The maximum absolute atomic E-state index is 12.0. The number of hydrogen-bond acceptors (Lipinski definition) is 3. The lowest BCUT2D eigenvalue weighted by atomic mass is 10.0.